The number of anilines is 3. The third-order valence-electron chi connectivity index (χ3n) is 8.12. The largest absolute Gasteiger partial charge is 0.456 e. The summed E-state index contributed by atoms with van der Waals surface area (Å²) < 4.78 is 6.08. The van der Waals surface area contributed by atoms with Crippen molar-refractivity contribution in [2.24, 2.45) is 0 Å². The van der Waals surface area contributed by atoms with Crippen molar-refractivity contribution >= 4 is 50.8 Å². The van der Waals surface area contributed by atoms with E-state index in [1.165, 1.54) is 21.2 Å². The van der Waals surface area contributed by atoms with E-state index in [-0.39, 0.29) is 0 Å². The van der Waals surface area contributed by atoms with Gasteiger partial charge in [0.2, 0.25) is 0 Å². The molecule has 0 N–H and O–H groups in total. The molecule has 0 saturated carbocycles. The molecule has 0 amide bonds. The van der Waals surface area contributed by atoms with E-state index in [2.05, 4.69) is 89.8 Å². The molecular weight excluding hydrogens is 573 g/mol. The maximum Gasteiger partial charge on any atom is 0.164 e. The van der Waals surface area contributed by atoms with Crippen LogP contribution in [0.2, 0.25) is 0 Å². The molecule has 1 aliphatic rings. The summed E-state index contributed by atoms with van der Waals surface area (Å²) in [5.41, 5.74) is 7.89. The highest BCUT2D eigenvalue weighted by molar-refractivity contribution is 7.99. The molecule has 45 heavy (non-hydrogen) atoms. The summed E-state index contributed by atoms with van der Waals surface area (Å²) in [7, 11) is 0. The number of hydrogen-bond donors (Lipinski definition) is 0. The van der Waals surface area contributed by atoms with Gasteiger partial charge in [-0.05, 0) is 72.8 Å². The minimum absolute atomic E-state index is 0.617. The van der Waals surface area contributed by atoms with E-state index in [0.717, 1.165) is 44.3 Å². The number of rotatable bonds is 4. The Hall–Kier alpha value is -5.72. The van der Waals surface area contributed by atoms with Crippen LogP contribution in [0, 0.1) is 0 Å². The SMILES string of the molecule is c1ccc(-c2nc(-c3ccc(N4c5ccccc5Sc5ccccc54)cc3)nc(-c3ccc4oc5ccccc5c4c3)n2)cc1. The summed E-state index contributed by atoms with van der Waals surface area (Å²) in [5, 5.41) is 2.11. The first-order valence-electron chi connectivity index (χ1n) is 14.8. The molecule has 0 saturated heterocycles. The van der Waals surface area contributed by atoms with Gasteiger partial charge in [0.1, 0.15) is 11.2 Å². The van der Waals surface area contributed by atoms with Crippen LogP contribution in [0.15, 0.2) is 160 Å². The van der Waals surface area contributed by atoms with Gasteiger partial charge in [-0.15, -0.1) is 0 Å². The van der Waals surface area contributed by atoms with E-state index in [1.54, 1.807) is 0 Å². The van der Waals surface area contributed by atoms with Crippen molar-refractivity contribution in [3.05, 3.63) is 146 Å². The van der Waals surface area contributed by atoms with Gasteiger partial charge < -0.3 is 9.32 Å². The maximum atomic E-state index is 6.08. The molecule has 0 atom stereocenters. The minimum Gasteiger partial charge on any atom is -0.456 e. The lowest BCUT2D eigenvalue weighted by atomic mass is 10.1. The predicted octanol–water partition coefficient (Wildman–Crippen LogP) is 10.7. The molecule has 0 fully saturated rings. The van der Waals surface area contributed by atoms with Gasteiger partial charge in [0.25, 0.3) is 0 Å². The number of para-hydroxylation sites is 3. The zero-order valence-corrected chi connectivity index (χ0v) is 24.8. The van der Waals surface area contributed by atoms with Crippen molar-refractivity contribution in [3.8, 4) is 34.2 Å². The summed E-state index contributed by atoms with van der Waals surface area (Å²) in [5.74, 6) is 1.87. The molecule has 212 valence electrons. The Morgan fingerprint density at radius 1 is 0.444 bits per heavy atom. The topological polar surface area (TPSA) is 55.1 Å². The van der Waals surface area contributed by atoms with Crippen molar-refractivity contribution < 1.29 is 4.42 Å². The van der Waals surface area contributed by atoms with Gasteiger partial charge in [0.15, 0.2) is 17.5 Å². The quantitative estimate of drug-likeness (QED) is 0.201. The lowest BCUT2D eigenvalue weighted by Crippen LogP contribution is -2.14. The summed E-state index contributed by atoms with van der Waals surface area (Å²) in [6.45, 7) is 0. The Kier molecular flexibility index (Phi) is 5.99. The summed E-state index contributed by atoms with van der Waals surface area (Å²) in [4.78, 5) is 19.7. The highest BCUT2D eigenvalue weighted by Crippen LogP contribution is 2.51. The molecule has 6 heteroatoms. The van der Waals surface area contributed by atoms with E-state index < -0.39 is 0 Å². The Bertz CT molecular complexity index is 2320. The smallest absolute Gasteiger partial charge is 0.164 e. The van der Waals surface area contributed by atoms with Gasteiger partial charge in [-0.25, -0.2) is 15.0 Å². The fraction of sp³-hybridized carbons (Fsp3) is 0. The van der Waals surface area contributed by atoms with E-state index in [9.17, 15) is 0 Å². The van der Waals surface area contributed by atoms with Crippen LogP contribution in [-0.4, -0.2) is 15.0 Å². The van der Waals surface area contributed by atoms with Crippen LogP contribution in [0.4, 0.5) is 17.1 Å². The molecule has 0 unspecified atom stereocenters. The van der Waals surface area contributed by atoms with Crippen LogP contribution in [-0.2, 0) is 0 Å². The normalized spacial score (nSPS) is 12.3. The second-order valence-corrected chi connectivity index (χ2v) is 12.0. The van der Waals surface area contributed by atoms with Gasteiger partial charge in [-0.1, -0.05) is 84.6 Å². The van der Waals surface area contributed by atoms with E-state index in [4.69, 9.17) is 19.4 Å². The zero-order valence-electron chi connectivity index (χ0n) is 24.0. The van der Waals surface area contributed by atoms with Crippen molar-refractivity contribution in [3.63, 3.8) is 0 Å². The summed E-state index contributed by atoms with van der Waals surface area (Å²) in [6, 6.07) is 49.9. The number of hydrogen-bond acceptors (Lipinski definition) is 6. The zero-order chi connectivity index (χ0) is 29.7. The van der Waals surface area contributed by atoms with E-state index >= 15 is 0 Å². The number of furan rings is 1. The Morgan fingerprint density at radius 3 is 1.69 bits per heavy atom. The first-order valence-corrected chi connectivity index (χ1v) is 15.6. The molecule has 5 nitrogen and oxygen atoms in total. The maximum absolute atomic E-state index is 6.08. The molecule has 2 aromatic heterocycles. The molecule has 3 heterocycles. The fourth-order valence-corrected chi connectivity index (χ4v) is 7.02. The van der Waals surface area contributed by atoms with Crippen LogP contribution in [0.5, 0.6) is 0 Å². The average Bonchev–Trinajstić information content (AvgIpc) is 3.49. The molecule has 0 bridgehead atoms. The number of benzene rings is 6. The monoisotopic (exact) mass is 596 g/mol. The van der Waals surface area contributed by atoms with Gasteiger partial charge >= 0.3 is 0 Å². The fourth-order valence-electron chi connectivity index (χ4n) is 5.96. The third-order valence-corrected chi connectivity index (χ3v) is 9.25. The highest BCUT2D eigenvalue weighted by Gasteiger charge is 2.24. The van der Waals surface area contributed by atoms with Crippen molar-refractivity contribution in [1.82, 2.24) is 15.0 Å². The standard InChI is InChI=1S/C39H24N4OS/c1-2-10-25(11-3-1)37-40-38(42-39(41-37)27-20-23-34-30(24-27)29-12-4-7-15-33(29)44-34)26-18-21-28(22-19-26)43-31-13-5-8-16-35(31)45-36-17-9-6-14-32(36)43/h1-24H. The van der Waals surface area contributed by atoms with E-state index in [1.807, 2.05) is 72.4 Å². The van der Waals surface area contributed by atoms with Crippen LogP contribution in [0.1, 0.15) is 0 Å². The lowest BCUT2D eigenvalue weighted by Gasteiger charge is -2.32. The van der Waals surface area contributed by atoms with Crippen molar-refractivity contribution in [2.75, 3.05) is 4.90 Å². The predicted molar refractivity (Wildman–Crippen MR) is 182 cm³/mol. The second kappa shape index (κ2) is 10.5. The Balaban J connectivity index is 1.16. The molecule has 0 radical (unpaired) electrons. The second-order valence-electron chi connectivity index (χ2n) is 10.9. The van der Waals surface area contributed by atoms with Crippen LogP contribution >= 0.6 is 11.8 Å². The van der Waals surface area contributed by atoms with Crippen LogP contribution in [0.3, 0.4) is 0 Å². The van der Waals surface area contributed by atoms with Gasteiger partial charge in [-0.3, -0.25) is 0 Å². The molecule has 1 aliphatic heterocycles. The number of nitrogens with zero attached hydrogens (tertiary/aromatic N) is 4. The minimum atomic E-state index is 0.617. The first-order chi connectivity index (χ1) is 22.3. The third kappa shape index (κ3) is 4.46. The van der Waals surface area contributed by atoms with E-state index in [0.29, 0.717) is 17.5 Å². The Labute approximate surface area is 263 Å². The number of aromatic nitrogens is 3. The molecule has 8 aromatic rings. The molecule has 6 aromatic carbocycles. The van der Waals surface area contributed by atoms with Crippen LogP contribution < -0.4 is 4.90 Å². The Morgan fingerprint density at radius 2 is 0.978 bits per heavy atom. The summed E-state index contributed by atoms with van der Waals surface area (Å²) in [6.07, 6.45) is 0. The van der Waals surface area contributed by atoms with Crippen molar-refractivity contribution in [2.45, 2.75) is 9.79 Å². The number of fused-ring (bicyclic) bond motifs is 5. The van der Waals surface area contributed by atoms with Gasteiger partial charge in [-0.2, -0.15) is 0 Å². The molecule has 0 spiro atoms. The highest BCUT2D eigenvalue weighted by atomic mass is 32.2. The van der Waals surface area contributed by atoms with Crippen LogP contribution in [0.25, 0.3) is 56.1 Å². The average molecular weight is 597 g/mol. The van der Waals surface area contributed by atoms with Gasteiger partial charge in [0.05, 0.1) is 11.4 Å². The molecule has 9 rings (SSSR count). The summed E-state index contributed by atoms with van der Waals surface area (Å²) >= 11 is 1.81. The molecule has 0 aliphatic carbocycles. The first kappa shape index (κ1) is 25.7. The van der Waals surface area contributed by atoms with Crippen molar-refractivity contribution in [1.29, 1.82) is 0 Å². The molecular formula is C39H24N4OS. The van der Waals surface area contributed by atoms with Gasteiger partial charge in [0, 0.05) is 42.9 Å². The lowest BCUT2D eigenvalue weighted by molar-refractivity contribution is 0.669.